The summed E-state index contributed by atoms with van der Waals surface area (Å²) in [6.45, 7) is 6.30. The Labute approximate surface area is 180 Å². The molecule has 1 heterocycles. The van der Waals surface area contributed by atoms with E-state index >= 15 is 0 Å². The Balaban J connectivity index is 1.59. The number of hydrogen-bond acceptors (Lipinski definition) is 6. The largest absolute Gasteiger partial charge is 0.495 e. The van der Waals surface area contributed by atoms with Crippen LogP contribution in [0.2, 0.25) is 0 Å². The fourth-order valence-electron chi connectivity index (χ4n) is 3.00. The number of rotatable bonds is 8. The third kappa shape index (κ3) is 5.13. The van der Waals surface area contributed by atoms with Crippen molar-refractivity contribution in [3.05, 3.63) is 58.9 Å². The molecule has 0 saturated heterocycles. The lowest BCUT2D eigenvalue weighted by Crippen LogP contribution is -2.15. The van der Waals surface area contributed by atoms with Gasteiger partial charge in [-0.05, 0) is 49.6 Å². The zero-order valence-electron chi connectivity index (χ0n) is 17.9. The lowest BCUT2D eigenvalue weighted by Gasteiger charge is -2.12. The van der Waals surface area contributed by atoms with Gasteiger partial charge in [-0.1, -0.05) is 36.0 Å². The number of benzene rings is 2. The summed E-state index contributed by atoms with van der Waals surface area (Å²) >= 11 is 1.32. The van der Waals surface area contributed by atoms with Gasteiger partial charge >= 0.3 is 0 Å². The minimum absolute atomic E-state index is 0.139. The van der Waals surface area contributed by atoms with Crippen molar-refractivity contribution in [1.82, 2.24) is 14.8 Å². The number of anilines is 1. The number of methoxy groups -OCH3 is 1. The summed E-state index contributed by atoms with van der Waals surface area (Å²) in [7, 11) is 3.45. The summed E-state index contributed by atoms with van der Waals surface area (Å²) in [6, 6.07) is 11.7. The van der Waals surface area contributed by atoms with E-state index in [-0.39, 0.29) is 11.7 Å². The van der Waals surface area contributed by atoms with E-state index in [0.29, 0.717) is 29.0 Å². The standard InChI is InChI=1S/C22H26N4O3S/c1-14-9-10-18(28-5)17(11-14)23-20(27)13-30-22-25-24-19(26(22)4)12-29-21-15(2)7-6-8-16(21)3/h6-11H,12-13H2,1-5H3,(H,23,27). The van der Waals surface area contributed by atoms with Crippen LogP contribution < -0.4 is 14.8 Å². The Morgan fingerprint density at radius 2 is 1.87 bits per heavy atom. The van der Waals surface area contributed by atoms with Gasteiger partial charge in [0.05, 0.1) is 18.6 Å². The second kappa shape index (κ2) is 9.67. The van der Waals surface area contributed by atoms with Crippen molar-refractivity contribution >= 4 is 23.4 Å². The molecule has 3 rings (SSSR count). The van der Waals surface area contributed by atoms with E-state index < -0.39 is 0 Å². The monoisotopic (exact) mass is 426 g/mol. The highest BCUT2D eigenvalue weighted by atomic mass is 32.2. The average Bonchev–Trinajstić information content (AvgIpc) is 3.06. The van der Waals surface area contributed by atoms with Crippen LogP contribution in [0.1, 0.15) is 22.5 Å². The first-order valence-electron chi connectivity index (χ1n) is 9.53. The molecule has 30 heavy (non-hydrogen) atoms. The van der Waals surface area contributed by atoms with Crippen molar-refractivity contribution in [3.8, 4) is 11.5 Å². The number of carbonyl (C=O) groups excluding carboxylic acids is 1. The van der Waals surface area contributed by atoms with Crippen LogP contribution in [0.25, 0.3) is 0 Å². The van der Waals surface area contributed by atoms with Gasteiger partial charge in [0.25, 0.3) is 0 Å². The van der Waals surface area contributed by atoms with E-state index in [1.165, 1.54) is 11.8 Å². The minimum atomic E-state index is -0.139. The van der Waals surface area contributed by atoms with Crippen molar-refractivity contribution < 1.29 is 14.3 Å². The van der Waals surface area contributed by atoms with Gasteiger partial charge in [0.2, 0.25) is 5.91 Å². The molecule has 0 atom stereocenters. The third-order valence-electron chi connectivity index (χ3n) is 4.64. The topological polar surface area (TPSA) is 78.3 Å². The lowest BCUT2D eigenvalue weighted by atomic mass is 10.1. The Hall–Kier alpha value is -3.00. The summed E-state index contributed by atoms with van der Waals surface area (Å²) < 4.78 is 13.1. The fourth-order valence-corrected chi connectivity index (χ4v) is 3.73. The smallest absolute Gasteiger partial charge is 0.234 e. The molecule has 8 heteroatoms. The molecule has 1 aromatic heterocycles. The minimum Gasteiger partial charge on any atom is -0.495 e. The molecule has 3 aromatic rings. The molecule has 0 aliphatic rings. The summed E-state index contributed by atoms with van der Waals surface area (Å²) in [5.74, 6) is 2.26. The van der Waals surface area contributed by atoms with Crippen molar-refractivity contribution in [3.63, 3.8) is 0 Å². The first-order chi connectivity index (χ1) is 14.4. The van der Waals surface area contributed by atoms with Gasteiger partial charge in [-0.2, -0.15) is 0 Å². The molecule has 0 unspecified atom stereocenters. The van der Waals surface area contributed by atoms with Crippen LogP contribution in [0, 0.1) is 20.8 Å². The first-order valence-corrected chi connectivity index (χ1v) is 10.5. The second-order valence-electron chi connectivity index (χ2n) is 7.01. The van der Waals surface area contributed by atoms with E-state index in [2.05, 4.69) is 15.5 Å². The quantitative estimate of drug-likeness (QED) is 0.548. The van der Waals surface area contributed by atoms with Gasteiger partial charge in [0.15, 0.2) is 11.0 Å². The van der Waals surface area contributed by atoms with E-state index in [0.717, 1.165) is 22.4 Å². The number of nitrogens with one attached hydrogen (secondary N) is 1. The maximum absolute atomic E-state index is 12.4. The van der Waals surface area contributed by atoms with Crippen molar-refractivity contribution in [1.29, 1.82) is 0 Å². The average molecular weight is 427 g/mol. The molecule has 0 bridgehead atoms. The van der Waals surface area contributed by atoms with Gasteiger partial charge in [0.1, 0.15) is 18.1 Å². The van der Waals surface area contributed by atoms with Crippen molar-refractivity contribution in [2.75, 3.05) is 18.2 Å². The fraction of sp³-hybridized carbons (Fsp3) is 0.318. The predicted molar refractivity (Wildman–Crippen MR) is 118 cm³/mol. The molecule has 2 aromatic carbocycles. The van der Waals surface area contributed by atoms with Gasteiger partial charge < -0.3 is 19.4 Å². The molecule has 0 aliphatic heterocycles. The molecule has 0 fully saturated rings. The molecule has 0 aliphatic carbocycles. The van der Waals surface area contributed by atoms with E-state index in [4.69, 9.17) is 9.47 Å². The van der Waals surface area contributed by atoms with Crippen molar-refractivity contribution in [2.24, 2.45) is 7.05 Å². The highest BCUT2D eigenvalue weighted by Gasteiger charge is 2.14. The Bertz CT molecular complexity index is 1030. The molecule has 0 spiro atoms. The van der Waals surface area contributed by atoms with Crippen LogP contribution in [0.15, 0.2) is 41.6 Å². The SMILES string of the molecule is COc1ccc(C)cc1NC(=O)CSc1nnc(COc2c(C)cccc2C)n1C. The van der Waals surface area contributed by atoms with Gasteiger partial charge in [-0.25, -0.2) is 0 Å². The highest BCUT2D eigenvalue weighted by Crippen LogP contribution is 2.26. The zero-order chi connectivity index (χ0) is 21.7. The number of ether oxygens (including phenoxy) is 2. The number of amides is 1. The van der Waals surface area contributed by atoms with Crippen LogP contribution in [-0.2, 0) is 18.4 Å². The van der Waals surface area contributed by atoms with Gasteiger partial charge in [0, 0.05) is 7.05 Å². The van der Waals surface area contributed by atoms with Crippen LogP contribution >= 0.6 is 11.8 Å². The molecule has 0 radical (unpaired) electrons. The van der Waals surface area contributed by atoms with Gasteiger partial charge in [-0.15, -0.1) is 10.2 Å². The van der Waals surface area contributed by atoms with Crippen LogP contribution in [0.3, 0.4) is 0 Å². The molecule has 7 nitrogen and oxygen atoms in total. The molecular weight excluding hydrogens is 400 g/mol. The summed E-state index contributed by atoms with van der Waals surface area (Å²) in [5, 5.41) is 11.9. The number of carbonyl (C=O) groups is 1. The molecule has 1 amide bonds. The third-order valence-corrected chi connectivity index (χ3v) is 5.66. The van der Waals surface area contributed by atoms with E-state index in [9.17, 15) is 4.79 Å². The Morgan fingerprint density at radius 1 is 1.13 bits per heavy atom. The summed E-state index contributed by atoms with van der Waals surface area (Å²) in [5.41, 5.74) is 3.86. The normalized spacial score (nSPS) is 10.7. The van der Waals surface area contributed by atoms with Crippen molar-refractivity contribution in [2.45, 2.75) is 32.5 Å². The molecule has 158 valence electrons. The van der Waals surface area contributed by atoms with Gasteiger partial charge in [-0.3, -0.25) is 4.79 Å². The number of thioether (sulfide) groups is 1. The maximum Gasteiger partial charge on any atom is 0.234 e. The van der Waals surface area contributed by atoms with E-state index in [1.807, 2.05) is 68.8 Å². The molecule has 0 saturated carbocycles. The maximum atomic E-state index is 12.4. The Kier molecular flexibility index (Phi) is 6.99. The number of nitrogens with zero attached hydrogens (tertiary/aromatic N) is 3. The zero-order valence-corrected chi connectivity index (χ0v) is 18.7. The first kappa shape index (κ1) is 21.7. The van der Waals surface area contributed by atoms with Crippen LogP contribution in [0.5, 0.6) is 11.5 Å². The molecule has 1 N–H and O–H groups in total. The summed E-state index contributed by atoms with van der Waals surface area (Å²) in [4.78, 5) is 12.4. The summed E-state index contributed by atoms with van der Waals surface area (Å²) in [6.07, 6.45) is 0. The second-order valence-corrected chi connectivity index (χ2v) is 7.95. The number of para-hydroxylation sites is 1. The number of aryl methyl sites for hydroxylation is 3. The highest BCUT2D eigenvalue weighted by molar-refractivity contribution is 7.99. The number of aromatic nitrogens is 3. The van der Waals surface area contributed by atoms with Crippen LogP contribution in [0.4, 0.5) is 5.69 Å². The molecular formula is C22H26N4O3S. The van der Waals surface area contributed by atoms with Crippen LogP contribution in [-0.4, -0.2) is 33.5 Å². The number of hydrogen-bond donors (Lipinski definition) is 1. The van der Waals surface area contributed by atoms with E-state index in [1.54, 1.807) is 7.11 Å². The Morgan fingerprint density at radius 3 is 2.57 bits per heavy atom. The lowest BCUT2D eigenvalue weighted by molar-refractivity contribution is -0.113. The predicted octanol–water partition coefficient (Wildman–Crippen LogP) is 4.06.